The lowest BCUT2D eigenvalue weighted by Gasteiger charge is -2.26. The zero-order valence-corrected chi connectivity index (χ0v) is 13.6. The zero-order chi connectivity index (χ0) is 13.3. The largest absolute Gasteiger partial charge is 0.295 e. The van der Waals surface area contributed by atoms with Crippen molar-refractivity contribution in [3.8, 4) is 0 Å². The molecule has 1 unspecified atom stereocenters. The second-order valence-electron chi connectivity index (χ2n) is 6.11. The molecule has 100 valence electrons. The first-order valence-electron chi connectivity index (χ1n) is 6.36. The van der Waals surface area contributed by atoms with Crippen LogP contribution in [0, 0.1) is 11.3 Å². The molecule has 0 N–H and O–H groups in total. The fourth-order valence-electron chi connectivity index (χ4n) is 2.45. The smallest absolute Gasteiger partial charge is 0.187 e. The van der Waals surface area contributed by atoms with Crippen LogP contribution in [0.5, 0.6) is 0 Å². The highest BCUT2D eigenvalue weighted by Gasteiger charge is 2.32. The number of carbonyl (C=O) groups is 1. The Morgan fingerprint density at radius 2 is 2.28 bits per heavy atom. The van der Waals surface area contributed by atoms with Crippen LogP contribution in [0.25, 0.3) is 0 Å². The predicted molar refractivity (Wildman–Crippen MR) is 80.4 cm³/mol. The maximum absolute atomic E-state index is 12.2. The molecule has 0 saturated carbocycles. The normalized spacial score (nSPS) is 21.4. The topological polar surface area (TPSA) is 20.3 Å². The van der Waals surface area contributed by atoms with E-state index in [0.29, 0.717) is 17.9 Å². The van der Waals surface area contributed by atoms with Crippen molar-refractivity contribution in [3.63, 3.8) is 0 Å². The maximum atomic E-state index is 12.2. The first-order valence-corrected chi connectivity index (χ1v) is 8.04. The Morgan fingerprint density at radius 3 is 2.78 bits per heavy atom. The number of thiophene rings is 1. The Kier molecular flexibility index (Phi) is 4.29. The number of Topliss-reactive ketones (excluding diaryl/α,β-unsaturated/α-hetero) is 1. The maximum Gasteiger partial charge on any atom is 0.187 e. The Labute approximate surface area is 122 Å². The van der Waals surface area contributed by atoms with Gasteiger partial charge < -0.3 is 0 Å². The van der Waals surface area contributed by atoms with Crippen molar-refractivity contribution < 1.29 is 4.79 Å². The van der Waals surface area contributed by atoms with Gasteiger partial charge in [-0.25, -0.2) is 0 Å². The molecular formula is C14H20BrNOS. The van der Waals surface area contributed by atoms with E-state index in [4.69, 9.17) is 0 Å². The molecule has 1 fully saturated rings. The van der Waals surface area contributed by atoms with E-state index in [-0.39, 0.29) is 5.78 Å². The monoisotopic (exact) mass is 329 g/mol. The molecule has 1 aliphatic heterocycles. The van der Waals surface area contributed by atoms with Crippen LogP contribution in [-0.4, -0.2) is 30.3 Å². The van der Waals surface area contributed by atoms with Crippen molar-refractivity contribution >= 4 is 33.0 Å². The van der Waals surface area contributed by atoms with Gasteiger partial charge in [0.15, 0.2) is 5.78 Å². The van der Waals surface area contributed by atoms with Crippen LogP contribution in [0.3, 0.4) is 0 Å². The number of nitrogens with zero attached hydrogens (tertiary/aromatic N) is 1. The average Bonchev–Trinajstić information content (AvgIpc) is 2.85. The summed E-state index contributed by atoms with van der Waals surface area (Å²) in [5, 5.41) is 1.96. The summed E-state index contributed by atoms with van der Waals surface area (Å²) in [6, 6.07) is 1.94. The predicted octanol–water partition coefficient (Wildman–Crippen LogP) is 4.06. The molecule has 1 atom stereocenters. The summed E-state index contributed by atoms with van der Waals surface area (Å²) in [7, 11) is 0. The minimum Gasteiger partial charge on any atom is -0.295 e. The van der Waals surface area contributed by atoms with Crippen LogP contribution in [0.15, 0.2) is 15.9 Å². The van der Waals surface area contributed by atoms with Crippen LogP contribution in [-0.2, 0) is 0 Å². The van der Waals surface area contributed by atoms with Crippen molar-refractivity contribution in [2.75, 3.05) is 19.6 Å². The van der Waals surface area contributed by atoms with Crippen LogP contribution in [0.2, 0.25) is 0 Å². The third-order valence-corrected chi connectivity index (χ3v) is 5.61. The second kappa shape index (κ2) is 5.43. The van der Waals surface area contributed by atoms with Crippen molar-refractivity contribution in [2.24, 2.45) is 11.3 Å². The quantitative estimate of drug-likeness (QED) is 0.779. The van der Waals surface area contributed by atoms with Gasteiger partial charge in [0, 0.05) is 11.0 Å². The Balaban J connectivity index is 1.93. The second-order valence-corrected chi connectivity index (χ2v) is 7.88. The fraction of sp³-hybridized carbons (Fsp3) is 0.643. The summed E-state index contributed by atoms with van der Waals surface area (Å²) >= 11 is 4.96. The van der Waals surface area contributed by atoms with Gasteiger partial charge in [0.25, 0.3) is 0 Å². The van der Waals surface area contributed by atoms with Gasteiger partial charge in [0.05, 0.1) is 11.4 Å². The number of carbonyl (C=O) groups excluding carboxylic acids is 1. The highest BCUT2D eigenvalue weighted by atomic mass is 79.9. The summed E-state index contributed by atoms with van der Waals surface area (Å²) in [6.07, 6.45) is 1.21. The first-order chi connectivity index (χ1) is 8.38. The fourth-order valence-corrected chi connectivity index (χ4v) is 3.98. The van der Waals surface area contributed by atoms with Crippen molar-refractivity contribution in [2.45, 2.75) is 27.2 Å². The molecular weight excluding hydrogens is 310 g/mol. The van der Waals surface area contributed by atoms with Crippen LogP contribution in [0.1, 0.15) is 36.9 Å². The molecule has 2 heterocycles. The third-order valence-electron chi connectivity index (χ3n) is 3.73. The molecule has 1 aliphatic rings. The van der Waals surface area contributed by atoms with Crippen LogP contribution in [0.4, 0.5) is 0 Å². The van der Waals surface area contributed by atoms with Gasteiger partial charge in [0.2, 0.25) is 0 Å². The minimum atomic E-state index is 0.242. The summed E-state index contributed by atoms with van der Waals surface area (Å²) in [5.74, 6) is 0.948. The summed E-state index contributed by atoms with van der Waals surface area (Å²) in [6.45, 7) is 9.54. The highest BCUT2D eigenvalue weighted by Crippen LogP contribution is 2.33. The van der Waals surface area contributed by atoms with Gasteiger partial charge in [-0.2, -0.15) is 0 Å². The van der Waals surface area contributed by atoms with E-state index in [0.717, 1.165) is 22.4 Å². The van der Waals surface area contributed by atoms with E-state index in [2.05, 4.69) is 41.6 Å². The molecule has 0 spiro atoms. The highest BCUT2D eigenvalue weighted by molar-refractivity contribution is 9.10. The van der Waals surface area contributed by atoms with Gasteiger partial charge in [-0.15, -0.1) is 11.3 Å². The van der Waals surface area contributed by atoms with Crippen LogP contribution >= 0.6 is 27.3 Å². The molecule has 0 aliphatic carbocycles. The molecule has 0 bridgehead atoms. The number of halogens is 1. The number of rotatable bonds is 3. The molecule has 1 aromatic heterocycles. The number of ketones is 1. The van der Waals surface area contributed by atoms with Crippen molar-refractivity contribution in [3.05, 3.63) is 20.8 Å². The number of likely N-dealkylation sites (tertiary alicyclic amines) is 1. The zero-order valence-electron chi connectivity index (χ0n) is 11.2. The number of hydrogen-bond acceptors (Lipinski definition) is 3. The summed E-state index contributed by atoms with van der Waals surface area (Å²) < 4.78 is 0.934. The lowest BCUT2D eigenvalue weighted by atomic mass is 9.80. The van der Waals surface area contributed by atoms with Crippen molar-refractivity contribution in [1.82, 2.24) is 4.90 Å². The molecule has 2 rings (SSSR count). The lowest BCUT2D eigenvalue weighted by molar-refractivity contribution is 0.0941. The Bertz CT molecular complexity index is 435. The van der Waals surface area contributed by atoms with E-state index in [1.165, 1.54) is 17.8 Å². The van der Waals surface area contributed by atoms with Crippen molar-refractivity contribution in [1.29, 1.82) is 0 Å². The van der Waals surface area contributed by atoms with Gasteiger partial charge in [-0.05, 0) is 51.7 Å². The van der Waals surface area contributed by atoms with Gasteiger partial charge in [0.1, 0.15) is 0 Å². The lowest BCUT2D eigenvalue weighted by Crippen LogP contribution is -2.30. The molecule has 1 saturated heterocycles. The SMILES string of the molecule is CC(C)(C)C1CCN(CC(=O)c2sccc2Br)C1. The summed E-state index contributed by atoms with van der Waals surface area (Å²) in [4.78, 5) is 15.3. The third kappa shape index (κ3) is 3.22. The molecule has 0 aromatic carbocycles. The van der Waals surface area contributed by atoms with E-state index in [1.54, 1.807) is 0 Å². The van der Waals surface area contributed by atoms with E-state index >= 15 is 0 Å². The molecule has 18 heavy (non-hydrogen) atoms. The van der Waals surface area contributed by atoms with Crippen LogP contribution < -0.4 is 0 Å². The van der Waals surface area contributed by atoms with E-state index in [1.807, 2.05) is 11.4 Å². The molecule has 0 amide bonds. The minimum absolute atomic E-state index is 0.242. The Morgan fingerprint density at radius 1 is 1.56 bits per heavy atom. The molecule has 1 aromatic rings. The standard InChI is InChI=1S/C14H20BrNOS/c1-14(2,3)10-4-6-16(8-10)9-12(17)13-11(15)5-7-18-13/h5,7,10H,4,6,8-9H2,1-3H3. The van der Waals surface area contributed by atoms with Gasteiger partial charge >= 0.3 is 0 Å². The molecule has 4 heteroatoms. The van der Waals surface area contributed by atoms with E-state index < -0.39 is 0 Å². The average molecular weight is 330 g/mol. The molecule has 2 nitrogen and oxygen atoms in total. The first kappa shape index (κ1) is 14.2. The summed E-state index contributed by atoms with van der Waals surface area (Å²) in [5.41, 5.74) is 0.349. The van der Waals surface area contributed by atoms with E-state index in [9.17, 15) is 4.79 Å². The number of hydrogen-bond donors (Lipinski definition) is 0. The molecule has 0 radical (unpaired) electrons. The van der Waals surface area contributed by atoms with Gasteiger partial charge in [-0.3, -0.25) is 9.69 Å². The Hall–Kier alpha value is -0.190. The van der Waals surface area contributed by atoms with Gasteiger partial charge in [-0.1, -0.05) is 20.8 Å².